The van der Waals surface area contributed by atoms with Gasteiger partial charge in [-0.3, -0.25) is 0 Å². The van der Waals surface area contributed by atoms with Crippen molar-refractivity contribution in [3.8, 4) is 0 Å². The highest BCUT2D eigenvalue weighted by molar-refractivity contribution is 5.95. The van der Waals surface area contributed by atoms with Gasteiger partial charge >= 0.3 is 5.97 Å². The zero-order valence-electron chi connectivity index (χ0n) is 9.53. The van der Waals surface area contributed by atoms with E-state index in [9.17, 15) is 4.79 Å². The lowest BCUT2D eigenvalue weighted by Gasteiger charge is -2.26. The molecule has 86 valence electrons. The van der Waals surface area contributed by atoms with Crippen molar-refractivity contribution in [1.82, 2.24) is 0 Å². The van der Waals surface area contributed by atoms with Crippen LogP contribution in [0.15, 0.2) is 24.3 Å². The van der Waals surface area contributed by atoms with Crippen LogP contribution in [-0.4, -0.2) is 19.6 Å². The fourth-order valence-electron chi connectivity index (χ4n) is 1.88. The van der Waals surface area contributed by atoms with Crippen molar-refractivity contribution in [1.29, 1.82) is 0 Å². The van der Waals surface area contributed by atoms with Gasteiger partial charge in [0.15, 0.2) is 0 Å². The van der Waals surface area contributed by atoms with Crippen LogP contribution in [0.25, 0.3) is 0 Å². The van der Waals surface area contributed by atoms with Crippen molar-refractivity contribution in [2.24, 2.45) is 5.92 Å². The molecule has 0 spiro atoms. The van der Waals surface area contributed by atoms with Gasteiger partial charge in [-0.1, -0.05) is 18.6 Å². The van der Waals surface area contributed by atoms with E-state index in [0.717, 1.165) is 18.2 Å². The molecule has 0 heterocycles. The second kappa shape index (κ2) is 5.01. The number of anilines is 1. The summed E-state index contributed by atoms with van der Waals surface area (Å²) in [4.78, 5) is 11.5. The van der Waals surface area contributed by atoms with Crippen LogP contribution in [0.5, 0.6) is 0 Å². The number of ether oxygens (including phenoxy) is 1. The number of hydrogen-bond donors (Lipinski definition) is 1. The predicted octanol–water partition coefficient (Wildman–Crippen LogP) is 2.69. The number of benzene rings is 1. The number of carbonyl (C=O) groups excluding carboxylic acids is 1. The first kappa shape index (κ1) is 11.0. The number of carbonyl (C=O) groups is 1. The van der Waals surface area contributed by atoms with Crippen LogP contribution >= 0.6 is 0 Å². The molecule has 0 aliphatic heterocycles. The fourth-order valence-corrected chi connectivity index (χ4v) is 1.88. The Morgan fingerprint density at radius 2 is 2.19 bits per heavy atom. The summed E-state index contributed by atoms with van der Waals surface area (Å²) in [6.45, 7) is 0.952. The van der Waals surface area contributed by atoms with E-state index in [1.54, 1.807) is 6.07 Å². The molecule has 0 aromatic heterocycles. The molecule has 1 aromatic carbocycles. The summed E-state index contributed by atoms with van der Waals surface area (Å²) in [6.07, 6.45) is 3.94. The van der Waals surface area contributed by atoms with Gasteiger partial charge in [-0.2, -0.15) is 0 Å². The molecule has 1 aliphatic rings. The van der Waals surface area contributed by atoms with Crippen molar-refractivity contribution in [3.63, 3.8) is 0 Å². The Hall–Kier alpha value is -1.51. The van der Waals surface area contributed by atoms with Gasteiger partial charge in [0.25, 0.3) is 0 Å². The van der Waals surface area contributed by atoms with Gasteiger partial charge in [0.05, 0.1) is 12.7 Å². The summed E-state index contributed by atoms with van der Waals surface area (Å²) in [5.41, 5.74) is 1.49. The first-order valence-corrected chi connectivity index (χ1v) is 5.72. The lowest BCUT2D eigenvalue weighted by Crippen LogP contribution is -2.21. The van der Waals surface area contributed by atoms with E-state index in [1.807, 2.05) is 18.2 Å². The lowest BCUT2D eigenvalue weighted by molar-refractivity contribution is 0.0602. The molecule has 2 rings (SSSR count). The number of hydrogen-bond acceptors (Lipinski definition) is 3. The molecule has 16 heavy (non-hydrogen) atoms. The highest BCUT2D eigenvalue weighted by atomic mass is 16.5. The van der Waals surface area contributed by atoms with Crippen LogP contribution in [0.4, 0.5) is 5.69 Å². The fraction of sp³-hybridized carbons (Fsp3) is 0.462. The van der Waals surface area contributed by atoms with Crippen molar-refractivity contribution in [2.75, 3.05) is 19.0 Å². The average Bonchev–Trinajstić information content (AvgIpc) is 2.26. The Labute approximate surface area is 95.8 Å². The van der Waals surface area contributed by atoms with Gasteiger partial charge in [-0.05, 0) is 30.9 Å². The van der Waals surface area contributed by atoms with Crippen molar-refractivity contribution in [3.05, 3.63) is 29.8 Å². The van der Waals surface area contributed by atoms with Gasteiger partial charge in [0.2, 0.25) is 0 Å². The Kier molecular flexibility index (Phi) is 3.44. The molecular weight excluding hydrogens is 202 g/mol. The van der Waals surface area contributed by atoms with Crippen LogP contribution in [0.1, 0.15) is 29.6 Å². The van der Waals surface area contributed by atoms with Crippen molar-refractivity contribution >= 4 is 11.7 Å². The normalized spacial score (nSPS) is 15.3. The topological polar surface area (TPSA) is 38.3 Å². The van der Waals surface area contributed by atoms with E-state index < -0.39 is 0 Å². The Morgan fingerprint density at radius 1 is 1.44 bits per heavy atom. The maximum atomic E-state index is 11.5. The second-order valence-electron chi connectivity index (χ2n) is 4.21. The maximum absolute atomic E-state index is 11.5. The predicted molar refractivity (Wildman–Crippen MR) is 63.6 cm³/mol. The third-order valence-electron chi connectivity index (χ3n) is 3.14. The highest BCUT2D eigenvalue weighted by Crippen LogP contribution is 2.27. The Morgan fingerprint density at radius 3 is 2.81 bits per heavy atom. The van der Waals surface area contributed by atoms with E-state index in [2.05, 4.69) is 5.32 Å². The second-order valence-corrected chi connectivity index (χ2v) is 4.21. The molecule has 1 aromatic rings. The average molecular weight is 219 g/mol. The third-order valence-corrected chi connectivity index (χ3v) is 3.14. The van der Waals surface area contributed by atoms with E-state index in [1.165, 1.54) is 26.4 Å². The van der Waals surface area contributed by atoms with E-state index in [0.29, 0.717) is 5.56 Å². The summed E-state index contributed by atoms with van der Waals surface area (Å²) in [6, 6.07) is 7.48. The molecule has 1 aliphatic carbocycles. The first-order valence-electron chi connectivity index (χ1n) is 5.72. The van der Waals surface area contributed by atoms with Gasteiger partial charge in [-0.25, -0.2) is 4.79 Å². The highest BCUT2D eigenvalue weighted by Gasteiger charge is 2.18. The molecule has 0 bridgehead atoms. The Balaban J connectivity index is 2.03. The van der Waals surface area contributed by atoms with Crippen LogP contribution in [-0.2, 0) is 4.74 Å². The van der Waals surface area contributed by atoms with E-state index in [-0.39, 0.29) is 5.97 Å². The zero-order chi connectivity index (χ0) is 11.4. The number of rotatable bonds is 4. The summed E-state index contributed by atoms with van der Waals surface area (Å²) in [5, 5.41) is 3.33. The summed E-state index contributed by atoms with van der Waals surface area (Å²) >= 11 is 0. The van der Waals surface area contributed by atoms with Gasteiger partial charge in [-0.15, -0.1) is 0 Å². The largest absolute Gasteiger partial charge is 0.465 e. The molecule has 1 saturated carbocycles. The molecule has 3 heteroatoms. The number of nitrogens with one attached hydrogen (secondary N) is 1. The first-order chi connectivity index (χ1) is 7.81. The van der Waals surface area contributed by atoms with Gasteiger partial charge in [0.1, 0.15) is 0 Å². The lowest BCUT2D eigenvalue weighted by atomic mass is 9.85. The van der Waals surface area contributed by atoms with Gasteiger partial charge in [0, 0.05) is 12.2 Å². The van der Waals surface area contributed by atoms with Crippen LogP contribution < -0.4 is 5.32 Å². The van der Waals surface area contributed by atoms with E-state index >= 15 is 0 Å². The van der Waals surface area contributed by atoms with Crippen molar-refractivity contribution in [2.45, 2.75) is 19.3 Å². The third kappa shape index (κ3) is 2.35. The number of esters is 1. The van der Waals surface area contributed by atoms with Gasteiger partial charge < -0.3 is 10.1 Å². The molecule has 0 saturated heterocycles. The number of methoxy groups -OCH3 is 1. The molecule has 1 fully saturated rings. The van der Waals surface area contributed by atoms with Crippen molar-refractivity contribution < 1.29 is 9.53 Å². The molecule has 1 N–H and O–H groups in total. The quantitative estimate of drug-likeness (QED) is 0.791. The molecule has 0 amide bonds. The molecular formula is C13H17NO2. The van der Waals surface area contributed by atoms with Crippen LogP contribution in [0.3, 0.4) is 0 Å². The van der Waals surface area contributed by atoms with Crippen LogP contribution in [0.2, 0.25) is 0 Å². The summed E-state index contributed by atoms with van der Waals surface area (Å²) < 4.78 is 4.75. The minimum Gasteiger partial charge on any atom is -0.465 e. The molecule has 0 atom stereocenters. The Bertz CT molecular complexity index is 372. The van der Waals surface area contributed by atoms with Crippen LogP contribution in [0, 0.1) is 5.92 Å². The molecule has 0 radical (unpaired) electrons. The SMILES string of the molecule is COC(=O)c1ccccc1NCC1CCC1. The maximum Gasteiger partial charge on any atom is 0.339 e. The standard InChI is InChI=1S/C13H17NO2/c1-16-13(15)11-7-2-3-8-12(11)14-9-10-5-4-6-10/h2-3,7-8,10,14H,4-6,9H2,1H3. The minimum atomic E-state index is -0.281. The molecule has 0 unspecified atom stereocenters. The molecule has 3 nitrogen and oxygen atoms in total. The number of para-hydroxylation sites is 1. The van der Waals surface area contributed by atoms with E-state index in [4.69, 9.17) is 4.74 Å². The zero-order valence-corrected chi connectivity index (χ0v) is 9.53. The monoisotopic (exact) mass is 219 g/mol. The summed E-state index contributed by atoms with van der Waals surface area (Å²) in [5.74, 6) is 0.488. The summed E-state index contributed by atoms with van der Waals surface area (Å²) in [7, 11) is 1.41. The minimum absolute atomic E-state index is 0.281. The smallest absolute Gasteiger partial charge is 0.339 e.